The van der Waals surface area contributed by atoms with Crippen LogP contribution in [-0.4, -0.2) is 32.7 Å². The molecule has 0 bridgehead atoms. The van der Waals surface area contributed by atoms with Crippen LogP contribution in [0.3, 0.4) is 0 Å². The maximum Gasteiger partial charge on any atom is 0.323 e. The Balaban J connectivity index is 2.15. The zero-order valence-corrected chi connectivity index (χ0v) is 15.3. The van der Waals surface area contributed by atoms with Crippen molar-refractivity contribution in [3.63, 3.8) is 0 Å². The van der Waals surface area contributed by atoms with Crippen LogP contribution in [0.2, 0.25) is 0 Å². The number of methoxy groups -OCH3 is 2. The standard InChI is InChI=1S/C18H20BrNO4/c1-4-11-8-17(15(21)23-2,16(22)24-3)9-18(11)10-20-14-6-5-12(19)7-13(14)18/h4-7,11,20H,1,8-10H2,2-3H3/t11-,18-/m0/s1. The van der Waals surface area contributed by atoms with Gasteiger partial charge in [0, 0.05) is 22.1 Å². The number of hydrogen-bond donors (Lipinski definition) is 1. The molecule has 1 spiro atoms. The summed E-state index contributed by atoms with van der Waals surface area (Å²) in [7, 11) is 2.61. The third kappa shape index (κ3) is 2.19. The van der Waals surface area contributed by atoms with Gasteiger partial charge in [0.1, 0.15) is 0 Å². The van der Waals surface area contributed by atoms with Gasteiger partial charge in [0.25, 0.3) is 0 Å². The summed E-state index contributed by atoms with van der Waals surface area (Å²) in [5, 5.41) is 3.40. The molecule has 5 nitrogen and oxygen atoms in total. The van der Waals surface area contributed by atoms with Crippen molar-refractivity contribution in [3.05, 3.63) is 40.9 Å². The normalized spacial score (nSPS) is 26.5. The molecule has 128 valence electrons. The molecule has 0 amide bonds. The Labute approximate surface area is 149 Å². The number of ether oxygens (including phenoxy) is 2. The molecule has 1 aromatic rings. The van der Waals surface area contributed by atoms with Gasteiger partial charge in [-0.05, 0) is 42.5 Å². The van der Waals surface area contributed by atoms with Gasteiger partial charge in [-0.25, -0.2) is 0 Å². The van der Waals surface area contributed by atoms with Crippen molar-refractivity contribution < 1.29 is 19.1 Å². The Morgan fingerprint density at radius 1 is 1.33 bits per heavy atom. The fourth-order valence-corrected chi connectivity index (χ4v) is 4.69. The average molecular weight is 394 g/mol. The van der Waals surface area contributed by atoms with Gasteiger partial charge in [-0.3, -0.25) is 9.59 Å². The number of nitrogens with one attached hydrogen (secondary N) is 1. The van der Waals surface area contributed by atoms with Crippen molar-refractivity contribution in [3.8, 4) is 0 Å². The Hall–Kier alpha value is -1.82. The Morgan fingerprint density at radius 3 is 2.58 bits per heavy atom. The highest BCUT2D eigenvalue weighted by atomic mass is 79.9. The minimum atomic E-state index is -1.30. The summed E-state index contributed by atoms with van der Waals surface area (Å²) < 4.78 is 10.9. The monoisotopic (exact) mass is 393 g/mol. The van der Waals surface area contributed by atoms with Gasteiger partial charge in [0.05, 0.1) is 14.2 Å². The third-order valence-electron chi connectivity index (χ3n) is 5.44. The highest BCUT2D eigenvalue weighted by molar-refractivity contribution is 9.10. The quantitative estimate of drug-likeness (QED) is 0.485. The molecule has 6 heteroatoms. The van der Waals surface area contributed by atoms with E-state index in [1.54, 1.807) is 0 Å². The van der Waals surface area contributed by atoms with E-state index in [4.69, 9.17) is 9.47 Å². The molecule has 0 aromatic heterocycles. The smallest absolute Gasteiger partial charge is 0.323 e. The van der Waals surface area contributed by atoms with Crippen molar-refractivity contribution in [2.45, 2.75) is 18.3 Å². The van der Waals surface area contributed by atoms with E-state index >= 15 is 0 Å². The molecule has 0 saturated heterocycles. The van der Waals surface area contributed by atoms with Crippen LogP contribution >= 0.6 is 15.9 Å². The minimum Gasteiger partial charge on any atom is -0.468 e. The van der Waals surface area contributed by atoms with Crippen molar-refractivity contribution in [1.29, 1.82) is 0 Å². The molecule has 1 fully saturated rings. The van der Waals surface area contributed by atoms with E-state index in [0.717, 1.165) is 15.7 Å². The molecule has 1 N–H and O–H groups in total. The Kier molecular flexibility index (Phi) is 4.20. The lowest BCUT2D eigenvalue weighted by atomic mass is 9.72. The van der Waals surface area contributed by atoms with Gasteiger partial charge in [0.2, 0.25) is 0 Å². The molecule has 1 saturated carbocycles. The average Bonchev–Trinajstić information content (AvgIpc) is 3.13. The van der Waals surface area contributed by atoms with Crippen LogP contribution in [-0.2, 0) is 24.5 Å². The van der Waals surface area contributed by atoms with Crippen LogP contribution in [0, 0.1) is 11.3 Å². The van der Waals surface area contributed by atoms with E-state index in [9.17, 15) is 9.59 Å². The van der Waals surface area contributed by atoms with Crippen LogP contribution in [0.5, 0.6) is 0 Å². The van der Waals surface area contributed by atoms with Crippen molar-refractivity contribution in [1.82, 2.24) is 0 Å². The number of hydrogen-bond acceptors (Lipinski definition) is 5. The summed E-state index contributed by atoms with van der Waals surface area (Å²) in [6.07, 6.45) is 2.52. The molecular weight excluding hydrogens is 374 g/mol. The first-order chi connectivity index (χ1) is 11.4. The number of halogens is 1. The summed E-state index contributed by atoms with van der Waals surface area (Å²) in [6, 6.07) is 6.03. The number of benzene rings is 1. The van der Waals surface area contributed by atoms with Crippen LogP contribution in [0.25, 0.3) is 0 Å². The number of carbonyl (C=O) groups is 2. The lowest BCUT2D eigenvalue weighted by Crippen LogP contribution is -2.41. The van der Waals surface area contributed by atoms with E-state index in [2.05, 4.69) is 33.9 Å². The zero-order chi connectivity index (χ0) is 17.5. The number of rotatable bonds is 3. The summed E-state index contributed by atoms with van der Waals surface area (Å²) in [4.78, 5) is 25.1. The predicted octanol–water partition coefficient (Wildman–Crippen LogP) is 3.04. The first-order valence-corrected chi connectivity index (χ1v) is 8.56. The summed E-state index contributed by atoms with van der Waals surface area (Å²) >= 11 is 3.51. The molecule has 1 aliphatic heterocycles. The molecule has 1 heterocycles. The topological polar surface area (TPSA) is 64.6 Å². The Bertz CT molecular complexity index is 701. The van der Waals surface area contributed by atoms with Crippen LogP contribution in [0.15, 0.2) is 35.3 Å². The lowest BCUT2D eigenvalue weighted by molar-refractivity contribution is -0.169. The van der Waals surface area contributed by atoms with Gasteiger partial charge in [-0.2, -0.15) is 0 Å². The van der Waals surface area contributed by atoms with E-state index in [1.165, 1.54) is 14.2 Å². The van der Waals surface area contributed by atoms with Crippen molar-refractivity contribution in [2.75, 3.05) is 26.1 Å². The molecule has 0 radical (unpaired) electrons. The van der Waals surface area contributed by atoms with Crippen molar-refractivity contribution >= 4 is 33.6 Å². The second kappa shape index (κ2) is 5.92. The molecule has 3 rings (SSSR count). The lowest BCUT2D eigenvalue weighted by Gasteiger charge is -2.30. The minimum absolute atomic E-state index is 0.0428. The second-order valence-electron chi connectivity index (χ2n) is 6.49. The third-order valence-corrected chi connectivity index (χ3v) is 5.94. The SMILES string of the molecule is C=C[C@H]1CC(C(=O)OC)(C(=O)OC)C[C@]12CNc1ccc(Br)cc12. The van der Waals surface area contributed by atoms with E-state index < -0.39 is 17.4 Å². The largest absolute Gasteiger partial charge is 0.468 e. The van der Waals surface area contributed by atoms with Gasteiger partial charge < -0.3 is 14.8 Å². The second-order valence-corrected chi connectivity index (χ2v) is 7.40. The molecule has 24 heavy (non-hydrogen) atoms. The van der Waals surface area contributed by atoms with E-state index in [1.807, 2.05) is 18.2 Å². The highest BCUT2D eigenvalue weighted by Crippen LogP contribution is 2.59. The fourth-order valence-electron chi connectivity index (χ4n) is 4.33. The summed E-state index contributed by atoms with van der Waals surface area (Å²) in [5.41, 5.74) is 0.434. The van der Waals surface area contributed by atoms with Gasteiger partial charge in [-0.15, -0.1) is 6.58 Å². The maximum absolute atomic E-state index is 12.5. The fraction of sp³-hybridized carbons (Fsp3) is 0.444. The van der Waals surface area contributed by atoms with E-state index in [-0.39, 0.29) is 11.3 Å². The van der Waals surface area contributed by atoms with Crippen LogP contribution in [0.4, 0.5) is 5.69 Å². The van der Waals surface area contributed by atoms with Crippen molar-refractivity contribution in [2.24, 2.45) is 11.3 Å². The predicted molar refractivity (Wildman–Crippen MR) is 93.7 cm³/mol. The number of fused-ring (bicyclic) bond motifs is 2. The Morgan fingerprint density at radius 2 is 2.00 bits per heavy atom. The molecule has 2 atom stereocenters. The van der Waals surface area contributed by atoms with Gasteiger partial charge in [0.15, 0.2) is 5.41 Å². The highest BCUT2D eigenvalue weighted by Gasteiger charge is 2.64. The molecule has 1 aromatic carbocycles. The van der Waals surface area contributed by atoms with Gasteiger partial charge in [-0.1, -0.05) is 22.0 Å². The first-order valence-electron chi connectivity index (χ1n) is 7.77. The molecular formula is C18H20BrNO4. The zero-order valence-electron chi connectivity index (χ0n) is 13.7. The number of esters is 2. The van der Waals surface area contributed by atoms with Gasteiger partial charge >= 0.3 is 11.9 Å². The summed E-state index contributed by atoms with van der Waals surface area (Å²) in [5.74, 6) is -1.12. The van der Waals surface area contributed by atoms with E-state index in [0.29, 0.717) is 19.4 Å². The maximum atomic E-state index is 12.5. The molecule has 1 aliphatic carbocycles. The number of carbonyl (C=O) groups excluding carboxylic acids is 2. The number of allylic oxidation sites excluding steroid dienone is 1. The molecule has 0 unspecified atom stereocenters. The van der Waals surface area contributed by atoms with Crippen LogP contribution < -0.4 is 5.32 Å². The van der Waals surface area contributed by atoms with Crippen LogP contribution in [0.1, 0.15) is 18.4 Å². The molecule has 2 aliphatic rings. The number of anilines is 1. The first kappa shape index (κ1) is 17.0. The summed E-state index contributed by atoms with van der Waals surface area (Å²) in [6.45, 7) is 4.59.